The first-order chi connectivity index (χ1) is 19.8. The van der Waals surface area contributed by atoms with Crippen LogP contribution in [-0.4, -0.2) is 74.9 Å². The van der Waals surface area contributed by atoms with Crippen LogP contribution in [0.25, 0.3) is 0 Å². The lowest BCUT2D eigenvalue weighted by Gasteiger charge is -2.37. The number of esters is 1. The summed E-state index contributed by atoms with van der Waals surface area (Å²) in [5.41, 5.74) is -0.186. The van der Waals surface area contributed by atoms with Gasteiger partial charge in [0.25, 0.3) is 0 Å². The zero-order valence-corrected chi connectivity index (χ0v) is 22.9. The van der Waals surface area contributed by atoms with Crippen molar-refractivity contribution in [2.24, 2.45) is 0 Å². The van der Waals surface area contributed by atoms with Gasteiger partial charge in [-0.1, -0.05) is 12.1 Å². The van der Waals surface area contributed by atoms with Gasteiger partial charge in [0.05, 0.1) is 36.9 Å². The van der Waals surface area contributed by atoms with Gasteiger partial charge in [-0.15, -0.1) is 5.10 Å². The van der Waals surface area contributed by atoms with Crippen molar-refractivity contribution in [3.63, 3.8) is 0 Å². The van der Waals surface area contributed by atoms with E-state index in [1.807, 2.05) is 7.05 Å². The maximum Gasteiger partial charge on any atom is 0.416 e. The number of quaternary nitrogens is 1. The molecule has 3 atom stereocenters. The van der Waals surface area contributed by atoms with Gasteiger partial charge < -0.3 is 19.4 Å². The maximum atomic E-state index is 13.6. The fourth-order valence-corrected chi connectivity index (χ4v) is 5.92. The molecular weight excluding hydrogens is 557 g/mol. The number of hydrogen-bond acceptors (Lipinski definition) is 8. The van der Waals surface area contributed by atoms with Crippen LogP contribution in [0.15, 0.2) is 58.5 Å². The third-order valence-electron chi connectivity index (χ3n) is 7.80. The molecule has 2 unspecified atom stereocenters. The molecule has 0 amide bonds. The standard InChI is InChI=1S/C28H27F3N6O5/c1-15-23(25(40)42-3)24(20-8-7-16(11-32)9-17(20)12-37(2)13-21(38)22(39)14-37)36-26(33-34-27(36)41)35(15)19-6-4-5-18(10-19)28(29,30)31/h4-10,21-22,24,38-39H,12-14H2,1-3H3/p+1/t21?,22?,24-,37?/m1/s1. The van der Waals surface area contributed by atoms with E-state index in [-0.39, 0.29) is 47.0 Å². The number of anilines is 2. The van der Waals surface area contributed by atoms with Crippen LogP contribution >= 0.6 is 0 Å². The zero-order chi connectivity index (χ0) is 30.6. The van der Waals surface area contributed by atoms with Crippen LogP contribution in [-0.2, 0) is 22.3 Å². The number of nitrogens with one attached hydrogen (secondary N) is 1. The largest absolute Gasteiger partial charge is 0.466 e. The molecule has 11 nitrogen and oxygen atoms in total. The average molecular weight is 586 g/mol. The van der Waals surface area contributed by atoms with E-state index >= 15 is 0 Å². The highest BCUT2D eigenvalue weighted by Gasteiger charge is 2.44. The van der Waals surface area contributed by atoms with Gasteiger partial charge in [0.15, 0.2) is 0 Å². The number of alkyl halides is 3. The number of allylic oxidation sites excluding steroid dienone is 1. The number of ether oxygens (including phenoxy) is 1. The Kier molecular flexibility index (Phi) is 7.22. The van der Waals surface area contributed by atoms with Gasteiger partial charge in [0.2, 0.25) is 5.95 Å². The number of hydrogen-bond donors (Lipinski definition) is 3. The summed E-state index contributed by atoms with van der Waals surface area (Å²) in [5, 5.41) is 36.6. The summed E-state index contributed by atoms with van der Waals surface area (Å²) in [6, 6.07) is 10.1. The second-order valence-electron chi connectivity index (χ2n) is 10.8. The number of likely N-dealkylation sites (N-methyl/N-ethyl adjacent to an activating group) is 1. The highest BCUT2D eigenvalue weighted by molar-refractivity contribution is 5.93. The summed E-state index contributed by atoms with van der Waals surface area (Å²) in [6.45, 7) is 2.19. The van der Waals surface area contributed by atoms with E-state index in [0.717, 1.165) is 23.8 Å². The van der Waals surface area contributed by atoms with Gasteiger partial charge in [0, 0.05) is 16.9 Å². The number of rotatable bonds is 5. The molecule has 3 aromatic rings. The summed E-state index contributed by atoms with van der Waals surface area (Å²) in [6.07, 6.45) is -6.55. The van der Waals surface area contributed by atoms with Crippen molar-refractivity contribution in [3.8, 4) is 6.07 Å². The third-order valence-corrected chi connectivity index (χ3v) is 7.80. The lowest BCUT2D eigenvalue weighted by molar-refractivity contribution is -0.913. The van der Waals surface area contributed by atoms with Crippen LogP contribution in [0.1, 0.15) is 35.2 Å². The number of benzene rings is 2. The molecule has 14 heteroatoms. The van der Waals surface area contributed by atoms with Crippen molar-refractivity contribution >= 4 is 17.6 Å². The molecule has 1 aromatic heterocycles. The van der Waals surface area contributed by atoms with Crippen molar-refractivity contribution in [2.75, 3.05) is 32.1 Å². The van der Waals surface area contributed by atoms with E-state index in [0.29, 0.717) is 16.7 Å². The van der Waals surface area contributed by atoms with Gasteiger partial charge in [-0.2, -0.15) is 18.4 Å². The van der Waals surface area contributed by atoms with E-state index in [1.165, 1.54) is 30.0 Å². The Bertz CT molecular complexity index is 1680. The Hall–Kier alpha value is -4.45. The van der Waals surface area contributed by atoms with Crippen LogP contribution < -0.4 is 10.6 Å². The molecule has 0 spiro atoms. The predicted molar refractivity (Wildman–Crippen MR) is 142 cm³/mol. The van der Waals surface area contributed by atoms with E-state index in [4.69, 9.17) is 4.74 Å². The molecule has 42 heavy (non-hydrogen) atoms. The molecule has 0 bridgehead atoms. The molecule has 1 saturated heterocycles. The normalized spacial score (nSPS) is 24.0. The smallest absolute Gasteiger partial charge is 0.416 e. The molecule has 0 saturated carbocycles. The number of aliphatic hydroxyl groups excluding tert-OH is 2. The fourth-order valence-electron chi connectivity index (χ4n) is 5.92. The Morgan fingerprint density at radius 3 is 2.52 bits per heavy atom. The molecule has 0 radical (unpaired) electrons. The lowest BCUT2D eigenvalue weighted by atomic mass is 9.89. The third kappa shape index (κ3) is 4.95. The average Bonchev–Trinajstić information content (AvgIpc) is 3.44. The van der Waals surface area contributed by atoms with Gasteiger partial charge in [0.1, 0.15) is 37.9 Å². The van der Waals surface area contributed by atoms with Crippen LogP contribution in [0.5, 0.6) is 0 Å². The van der Waals surface area contributed by atoms with Gasteiger partial charge in [-0.05, 0) is 42.8 Å². The number of aromatic amines is 1. The summed E-state index contributed by atoms with van der Waals surface area (Å²) in [7, 11) is 2.98. The highest BCUT2D eigenvalue weighted by Crippen LogP contribution is 2.44. The number of nitriles is 1. The summed E-state index contributed by atoms with van der Waals surface area (Å²) < 4.78 is 47.2. The molecule has 1 fully saturated rings. The number of nitrogens with zero attached hydrogens (tertiary/aromatic N) is 5. The molecule has 3 N–H and O–H groups in total. The second-order valence-corrected chi connectivity index (χ2v) is 10.8. The number of fused-ring (bicyclic) bond motifs is 1. The maximum absolute atomic E-state index is 13.6. The number of aliphatic hydroxyl groups is 2. The monoisotopic (exact) mass is 585 g/mol. The highest BCUT2D eigenvalue weighted by atomic mass is 19.4. The SMILES string of the molecule is COC(=O)C1=C(C)N(c2cccc(C(F)(F)F)c2)c2n[nH]c(=O)n2[C@@H]1c1ccc(C#N)cc1C[N+]1(C)CC(O)C(O)C1. The summed E-state index contributed by atoms with van der Waals surface area (Å²) in [5.74, 6) is -0.881. The minimum Gasteiger partial charge on any atom is -0.466 e. The minimum absolute atomic E-state index is 0.0144. The molecule has 2 aromatic carbocycles. The number of H-pyrrole nitrogens is 1. The fraction of sp³-hybridized carbons (Fsp3) is 0.357. The van der Waals surface area contributed by atoms with Crippen LogP contribution in [0.2, 0.25) is 0 Å². The molecule has 0 aliphatic carbocycles. The molecule has 2 aliphatic rings. The topological polar surface area (TPSA) is 144 Å². The van der Waals surface area contributed by atoms with Crippen molar-refractivity contribution in [2.45, 2.75) is 37.9 Å². The van der Waals surface area contributed by atoms with Gasteiger partial charge >= 0.3 is 17.8 Å². The van der Waals surface area contributed by atoms with Crippen molar-refractivity contribution in [3.05, 3.63) is 86.5 Å². The minimum atomic E-state index is -4.64. The Balaban J connectivity index is 1.74. The van der Waals surface area contributed by atoms with Crippen LogP contribution in [0.4, 0.5) is 24.8 Å². The Morgan fingerprint density at radius 1 is 1.21 bits per heavy atom. The van der Waals surface area contributed by atoms with E-state index in [2.05, 4.69) is 16.3 Å². The first-order valence-electron chi connectivity index (χ1n) is 12.9. The molecule has 3 heterocycles. The van der Waals surface area contributed by atoms with Crippen molar-refractivity contribution in [1.29, 1.82) is 5.26 Å². The predicted octanol–water partition coefficient (Wildman–Crippen LogP) is 2.33. The summed E-state index contributed by atoms with van der Waals surface area (Å²) >= 11 is 0. The van der Waals surface area contributed by atoms with Crippen LogP contribution in [0.3, 0.4) is 0 Å². The Labute approximate surface area is 237 Å². The number of methoxy groups -OCH3 is 1. The molecular formula is C28H28F3N6O5+. The van der Waals surface area contributed by atoms with E-state index in [9.17, 15) is 38.2 Å². The second kappa shape index (κ2) is 10.4. The molecule has 5 rings (SSSR count). The molecule has 2 aliphatic heterocycles. The quantitative estimate of drug-likeness (QED) is 0.306. The van der Waals surface area contributed by atoms with Gasteiger partial charge in [-0.3, -0.25) is 4.90 Å². The first kappa shape index (κ1) is 29.1. The number of carbonyl (C=O) groups excluding carboxylic acids is 1. The Morgan fingerprint density at radius 2 is 1.90 bits per heavy atom. The first-order valence-corrected chi connectivity index (χ1v) is 12.9. The van der Waals surface area contributed by atoms with Gasteiger partial charge in [-0.25, -0.2) is 19.3 Å². The van der Waals surface area contributed by atoms with E-state index < -0.39 is 41.6 Å². The van der Waals surface area contributed by atoms with Crippen molar-refractivity contribution < 1.29 is 37.4 Å². The lowest BCUT2D eigenvalue weighted by Crippen LogP contribution is -2.43. The number of aromatic nitrogens is 3. The van der Waals surface area contributed by atoms with Crippen molar-refractivity contribution in [1.82, 2.24) is 14.8 Å². The van der Waals surface area contributed by atoms with E-state index in [1.54, 1.807) is 12.1 Å². The zero-order valence-electron chi connectivity index (χ0n) is 22.9. The summed E-state index contributed by atoms with van der Waals surface area (Å²) in [4.78, 5) is 27.9. The van der Waals surface area contributed by atoms with Crippen LogP contribution in [0, 0.1) is 11.3 Å². The number of carbonyl (C=O) groups is 1. The number of halogens is 3. The molecule has 220 valence electrons. The number of likely N-dealkylation sites (tertiary alicyclic amines) is 1.